The van der Waals surface area contributed by atoms with Crippen molar-refractivity contribution in [3.05, 3.63) is 42.0 Å². The minimum atomic E-state index is -0.195. The molecule has 1 amide bonds. The monoisotopic (exact) mass is 313 g/mol. The van der Waals surface area contributed by atoms with Gasteiger partial charge in [0.2, 0.25) is 0 Å². The molecule has 0 radical (unpaired) electrons. The van der Waals surface area contributed by atoms with Gasteiger partial charge in [0.25, 0.3) is 5.91 Å². The van der Waals surface area contributed by atoms with Gasteiger partial charge in [-0.3, -0.25) is 4.79 Å². The van der Waals surface area contributed by atoms with Gasteiger partial charge in [-0.25, -0.2) is 0 Å². The van der Waals surface area contributed by atoms with Gasteiger partial charge in [-0.15, -0.1) is 0 Å². The average molecular weight is 313 g/mol. The van der Waals surface area contributed by atoms with Crippen LogP contribution in [0.1, 0.15) is 62.2 Å². The van der Waals surface area contributed by atoms with Gasteiger partial charge in [0, 0.05) is 11.9 Å². The summed E-state index contributed by atoms with van der Waals surface area (Å²) in [7, 11) is 0. The van der Waals surface area contributed by atoms with Crippen LogP contribution in [0.3, 0.4) is 0 Å². The summed E-state index contributed by atoms with van der Waals surface area (Å²) >= 11 is 0. The summed E-state index contributed by atoms with van der Waals surface area (Å²) in [5, 5.41) is 14.8. The van der Waals surface area contributed by atoms with E-state index < -0.39 is 0 Å². The summed E-state index contributed by atoms with van der Waals surface area (Å²) in [6, 6.07) is 11.1. The first-order chi connectivity index (χ1) is 11.2. The van der Waals surface area contributed by atoms with Gasteiger partial charge in [-0.1, -0.05) is 75.8 Å². The Morgan fingerprint density at radius 1 is 0.957 bits per heavy atom. The third-order valence-electron chi connectivity index (χ3n) is 4.21. The second kappa shape index (κ2) is 9.19. The lowest BCUT2D eigenvalue weighted by molar-refractivity contribution is 0.0950. The first kappa shape index (κ1) is 17.3. The Balaban J connectivity index is 1.79. The Morgan fingerprint density at radius 2 is 1.65 bits per heavy atom. The molecule has 0 aliphatic carbocycles. The Labute approximate surface area is 138 Å². The second-order valence-electron chi connectivity index (χ2n) is 6.06. The number of benzene rings is 2. The average Bonchev–Trinajstić information content (AvgIpc) is 2.57. The van der Waals surface area contributed by atoms with Gasteiger partial charge in [-0.2, -0.15) is 0 Å². The molecular formula is C20H27NO2. The fourth-order valence-corrected chi connectivity index (χ4v) is 2.82. The zero-order valence-electron chi connectivity index (χ0n) is 14.0. The fourth-order valence-electron chi connectivity index (χ4n) is 2.82. The van der Waals surface area contributed by atoms with Crippen molar-refractivity contribution in [2.45, 2.75) is 51.9 Å². The number of carbonyl (C=O) groups excluding carboxylic acids is 1. The van der Waals surface area contributed by atoms with Gasteiger partial charge in [0.1, 0.15) is 5.75 Å². The van der Waals surface area contributed by atoms with Gasteiger partial charge < -0.3 is 10.4 Å². The standard InChI is InChI=1S/C20H27NO2/c1-2-3-4-5-6-7-10-15-21-20(23)18-14-13-16-11-8-9-12-17(16)19(18)22/h8-9,11-14,22H,2-7,10,15H2,1H3,(H,21,23). The van der Waals surface area contributed by atoms with Crippen LogP contribution in [-0.2, 0) is 0 Å². The molecule has 0 aliphatic heterocycles. The van der Waals surface area contributed by atoms with Crippen molar-refractivity contribution in [2.75, 3.05) is 6.54 Å². The molecule has 3 heteroatoms. The van der Waals surface area contributed by atoms with E-state index in [9.17, 15) is 9.90 Å². The number of amides is 1. The topological polar surface area (TPSA) is 49.3 Å². The van der Waals surface area contributed by atoms with Crippen LogP contribution < -0.4 is 5.32 Å². The number of carbonyl (C=O) groups is 1. The quantitative estimate of drug-likeness (QED) is 0.638. The van der Waals surface area contributed by atoms with E-state index in [4.69, 9.17) is 0 Å². The van der Waals surface area contributed by atoms with Crippen molar-refractivity contribution in [3.8, 4) is 5.75 Å². The number of aromatic hydroxyl groups is 1. The maximum absolute atomic E-state index is 12.2. The molecule has 0 aromatic heterocycles. The van der Waals surface area contributed by atoms with E-state index in [1.807, 2.05) is 30.3 Å². The molecule has 0 fully saturated rings. The van der Waals surface area contributed by atoms with Crippen molar-refractivity contribution in [2.24, 2.45) is 0 Å². The van der Waals surface area contributed by atoms with E-state index in [2.05, 4.69) is 12.2 Å². The zero-order valence-corrected chi connectivity index (χ0v) is 14.0. The zero-order chi connectivity index (χ0) is 16.5. The van der Waals surface area contributed by atoms with E-state index in [1.54, 1.807) is 6.07 Å². The van der Waals surface area contributed by atoms with Crippen LogP contribution in [0.25, 0.3) is 10.8 Å². The molecule has 2 aromatic rings. The highest BCUT2D eigenvalue weighted by molar-refractivity contribution is 6.03. The molecule has 0 aliphatic rings. The Morgan fingerprint density at radius 3 is 2.43 bits per heavy atom. The van der Waals surface area contributed by atoms with E-state index in [1.165, 1.54) is 32.1 Å². The summed E-state index contributed by atoms with van der Waals surface area (Å²) in [6.07, 6.45) is 8.56. The largest absolute Gasteiger partial charge is 0.506 e. The van der Waals surface area contributed by atoms with Crippen molar-refractivity contribution in [1.82, 2.24) is 5.32 Å². The lowest BCUT2D eigenvalue weighted by Gasteiger charge is -2.09. The van der Waals surface area contributed by atoms with Gasteiger partial charge in [0.05, 0.1) is 5.56 Å². The van der Waals surface area contributed by atoms with Gasteiger partial charge in [0.15, 0.2) is 0 Å². The van der Waals surface area contributed by atoms with Gasteiger partial charge in [-0.05, 0) is 17.9 Å². The number of nitrogens with one attached hydrogen (secondary N) is 1. The van der Waals surface area contributed by atoms with Crippen LogP contribution in [0.5, 0.6) is 5.75 Å². The molecule has 2 N–H and O–H groups in total. The maximum atomic E-state index is 12.2. The molecular weight excluding hydrogens is 286 g/mol. The summed E-state index contributed by atoms with van der Waals surface area (Å²) < 4.78 is 0. The number of rotatable bonds is 9. The van der Waals surface area contributed by atoms with Crippen molar-refractivity contribution in [1.29, 1.82) is 0 Å². The highest BCUT2D eigenvalue weighted by Gasteiger charge is 2.12. The lowest BCUT2D eigenvalue weighted by atomic mass is 10.0. The molecule has 124 valence electrons. The summed E-state index contributed by atoms with van der Waals surface area (Å²) in [5.74, 6) is -0.126. The maximum Gasteiger partial charge on any atom is 0.255 e. The number of fused-ring (bicyclic) bond motifs is 1. The van der Waals surface area contributed by atoms with Crippen LogP contribution in [0.15, 0.2) is 36.4 Å². The Hall–Kier alpha value is -2.03. The third kappa shape index (κ3) is 4.98. The smallest absolute Gasteiger partial charge is 0.255 e. The number of phenolic OH excluding ortho intramolecular Hbond substituents is 1. The summed E-state index contributed by atoms with van der Waals surface area (Å²) in [6.45, 7) is 2.89. The SMILES string of the molecule is CCCCCCCCCNC(=O)c1ccc2ccccc2c1O. The summed E-state index contributed by atoms with van der Waals surface area (Å²) in [4.78, 5) is 12.2. The lowest BCUT2D eigenvalue weighted by Crippen LogP contribution is -2.24. The van der Waals surface area contributed by atoms with Crippen LogP contribution in [0.4, 0.5) is 0 Å². The van der Waals surface area contributed by atoms with Crippen molar-refractivity contribution >= 4 is 16.7 Å². The van der Waals surface area contributed by atoms with Crippen LogP contribution >= 0.6 is 0 Å². The molecule has 23 heavy (non-hydrogen) atoms. The molecule has 0 heterocycles. The molecule has 0 atom stereocenters. The number of phenols is 1. The van der Waals surface area contributed by atoms with Crippen LogP contribution in [0.2, 0.25) is 0 Å². The molecule has 2 aromatic carbocycles. The van der Waals surface area contributed by atoms with Crippen LogP contribution in [-0.4, -0.2) is 17.6 Å². The first-order valence-corrected chi connectivity index (χ1v) is 8.73. The molecule has 0 saturated carbocycles. The predicted octanol–water partition coefficient (Wildman–Crippen LogP) is 5.03. The molecule has 3 nitrogen and oxygen atoms in total. The molecule has 0 unspecified atom stereocenters. The van der Waals surface area contributed by atoms with Crippen LogP contribution in [0, 0.1) is 0 Å². The van der Waals surface area contributed by atoms with E-state index in [0.717, 1.165) is 23.6 Å². The van der Waals surface area contributed by atoms with E-state index in [0.29, 0.717) is 12.1 Å². The predicted molar refractivity (Wildman–Crippen MR) is 95.9 cm³/mol. The number of hydrogen-bond acceptors (Lipinski definition) is 2. The minimum absolute atomic E-state index is 0.0696. The highest BCUT2D eigenvalue weighted by atomic mass is 16.3. The third-order valence-corrected chi connectivity index (χ3v) is 4.21. The normalized spacial score (nSPS) is 10.8. The minimum Gasteiger partial charge on any atom is -0.506 e. The Bertz CT molecular complexity index is 637. The fraction of sp³-hybridized carbons (Fsp3) is 0.450. The summed E-state index contributed by atoms with van der Waals surface area (Å²) in [5.41, 5.74) is 0.353. The molecule has 0 bridgehead atoms. The van der Waals surface area contributed by atoms with Gasteiger partial charge >= 0.3 is 0 Å². The molecule has 2 rings (SSSR count). The van der Waals surface area contributed by atoms with E-state index >= 15 is 0 Å². The van der Waals surface area contributed by atoms with E-state index in [-0.39, 0.29) is 11.7 Å². The van der Waals surface area contributed by atoms with Crippen molar-refractivity contribution < 1.29 is 9.90 Å². The highest BCUT2D eigenvalue weighted by Crippen LogP contribution is 2.28. The number of unbranched alkanes of at least 4 members (excludes halogenated alkanes) is 6. The first-order valence-electron chi connectivity index (χ1n) is 8.73. The second-order valence-corrected chi connectivity index (χ2v) is 6.06. The molecule has 0 spiro atoms. The molecule has 0 saturated heterocycles. The Kier molecular flexibility index (Phi) is 6.92. The number of hydrogen-bond donors (Lipinski definition) is 2. The van der Waals surface area contributed by atoms with Crippen molar-refractivity contribution in [3.63, 3.8) is 0 Å².